The Bertz CT molecular complexity index is 747. The van der Waals surface area contributed by atoms with Gasteiger partial charge in [0.2, 0.25) is 5.91 Å². The van der Waals surface area contributed by atoms with Crippen LogP contribution in [0.5, 0.6) is 0 Å². The lowest BCUT2D eigenvalue weighted by Crippen LogP contribution is -2.16. The molecule has 1 aliphatic rings. The Morgan fingerprint density at radius 3 is 2.55 bits per heavy atom. The summed E-state index contributed by atoms with van der Waals surface area (Å²) < 4.78 is 52.6. The molecule has 1 aliphatic carbocycles. The van der Waals surface area contributed by atoms with Crippen LogP contribution in [0.25, 0.3) is 0 Å². The Morgan fingerprint density at radius 1 is 1.05 bits per heavy atom. The van der Waals surface area contributed by atoms with Crippen LogP contribution in [0.1, 0.15) is 17.9 Å². The van der Waals surface area contributed by atoms with Gasteiger partial charge in [-0.1, -0.05) is 12.1 Å². The van der Waals surface area contributed by atoms with Gasteiger partial charge in [-0.15, -0.1) is 0 Å². The van der Waals surface area contributed by atoms with Crippen LogP contribution in [0.3, 0.4) is 0 Å². The Balaban J connectivity index is 1.71. The maximum atomic E-state index is 13.5. The van der Waals surface area contributed by atoms with Crippen molar-refractivity contribution in [2.45, 2.75) is 12.3 Å². The third-order valence-electron chi connectivity index (χ3n) is 3.70. The van der Waals surface area contributed by atoms with Gasteiger partial charge in [0.05, 0.1) is 5.69 Å². The average molecular weight is 309 g/mol. The van der Waals surface area contributed by atoms with E-state index in [1.807, 2.05) is 0 Å². The van der Waals surface area contributed by atoms with Crippen molar-refractivity contribution >= 4 is 11.6 Å². The van der Waals surface area contributed by atoms with Gasteiger partial charge in [0.1, 0.15) is 5.82 Å². The van der Waals surface area contributed by atoms with E-state index in [2.05, 4.69) is 5.32 Å². The molecule has 22 heavy (non-hydrogen) atoms. The topological polar surface area (TPSA) is 29.1 Å². The number of carbonyl (C=O) groups excluding carboxylic acids is 1. The van der Waals surface area contributed by atoms with E-state index in [4.69, 9.17) is 0 Å². The van der Waals surface area contributed by atoms with Gasteiger partial charge in [0, 0.05) is 5.92 Å². The number of carbonyl (C=O) groups is 1. The number of nitrogens with one attached hydrogen (secondary N) is 1. The van der Waals surface area contributed by atoms with Gasteiger partial charge in [-0.2, -0.15) is 0 Å². The molecule has 0 aliphatic heterocycles. The molecule has 2 unspecified atom stereocenters. The van der Waals surface area contributed by atoms with E-state index in [1.165, 1.54) is 12.1 Å². The second-order valence-electron chi connectivity index (χ2n) is 5.22. The molecule has 0 aromatic heterocycles. The molecule has 0 bridgehead atoms. The zero-order valence-electron chi connectivity index (χ0n) is 11.2. The first-order chi connectivity index (χ1) is 10.5. The van der Waals surface area contributed by atoms with Gasteiger partial charge in [0.25, 0.3) is 0 Å². The van der Waals surface area contributed by atoms with Crippen LogP contribution in [-0.4, -0.2) is 5.91 Å². The first kappa shape index (κ1) is 14.6. The van der Waals surface area contributed by atoms with Crippen molar-refractivity contribution in [2.75, 3.05) is 5.32 Å². The van der Waals surface area contributed by atoms with Crippen molar-refractivity contribution < 1.29 is 22.4 Å². The van der Waals surface area contributed by atoms with Gasteiger partial charge in [0.15, 0.2) is 17.5 Å². The fourth-order valence-corrected chi connectivity index (χ4v) is 2.44. The summed E-state index contributed by atoms with van der Waals surface area (Å²) in [6, 6.07) is 7.61. The van der Waals surface area contributed by atoms with E-state index in [9.17, 15) is 22.4 Å². The number of halogens is 4. The summed E-state index contributed by atoms with van der Waals surface area (Å²) in [5, 5.41) is 2.24. The summed E-state index contributed by atoms with van der Waals surface area (Å²) >= 11 is 0. The monoisotopic (exact) mass is 309 g/mol. The SMILES string of the molecule is O=C(Nc1ccc(F)c(F)c1F)C1CC1c1cccc(F)c1. The summed E-state index contributed by atoms with van der Waals surface area (Å²) in [4.78, 5) is 12.0. The van der Waals surface area contributed by atoms with Crippen molar-refractivity contribution in [1.82, 2.24) is 0 Å². The number of benzene rings is 2. The fourth-order valence-electron chi connectivity index (χ4n) is 2.44. The van der Waals surface area contributed by atoms with Crippen LogP contribution >= 0.6 is 0 Å². The van der Waals surface area contributed by atoms with Crippen LogP contribution in [0.15, 0.2) is 36.4 Å². The van der Waals surface area contributed by atoms with Crippen molar-refractivity contribution in [1.29, 1.82) is 0 Å². The molecule has 1 N–H and O–H groups in total. The highest BCUT2D eigenvalue weighted by Crippen LogP contribution is 2.48. The summed E-state index contributed by atoms with van der Waals surface area (Å²) in [7, 11) is 0. The molecule has 2 nitrogen and oxygen atoms in total. The highest BCUT2D eigenvalue weighted by atomic mass is 19.2. The van der Waals surface area contributed by atoms with Gasteiger partial charge >= 0.3 is 0 Å². The molecule has 1 saturated carbocycles. The van der Waals surface area contributed by atoms with Gasteiger partial charge in [-0.25, -0.2) is 17.6 Å². The maximum absolute atomic E-state index is 13.5. The Hall–Kier alpha value is -2.37. The van der Waals surface area contributed by atoms with E-state index >= 15 is 0 Å². The summed E-state index contributed by atoms with van der Waals surface area (Å²) in [5.41, 5.74) is 0.278. The molecular formula is C16H11F4NO. The van der Waals surface area contributed by atoms with Gasteiger partial charge < -0.3 is 5.32 Å². The number of rotatable bonds is 3. The van der Waals surface area contributed by atoms with Crippen molar-refractivity contribution in [3.8, 4) is 0 Å². The van der Waals surface area contributed by atoms with Crippen LogP contribution in [-0.2, 0) is 4.79 Å². The number of hydrogen-bond donors (Lipinski definition) is 1. The largest absolute Gasteiger partial charge is 0.323 e. The predicted octanol–water partition coefficient (Wildman–Crippen LogP) is 3.99. The van der Waals surface area contributed by atoms with E-state index in [-0.39, 0.29) is 5.92 Å². The lowest BCUT2D eigenvalue weighted by Gasteiger charge is -2.07. The van der Waals surface area contributed by atoms with Gasteiger partial charge in [-0.3, -0.25) is 4.79 Å². The molecule has 0 radical (unpaired) electrons. The third-order valence-corrected chi connectivity index (χ3v) is 3.70. The summed E-state index contributed by atoms with van der Waals surface area (Å²) in [5.74, 6) is -5.86. The van der Waals surface area contributed by atoms with Crippen LogP contribution in [0.4, 0.5) is 23.2 Å². The Labute approximate surface area is 123 Å². The predicted molar refractivity (Wildman–Crippen MR) is 72.2 cm³/mol. The number of anilines is 1. The van der Waals surface area contributed by atoms with Crippen LogP contribution < -0.4 is 5.32 Å². The van der Waals surface area contributed by atoms with Crippen molar-refractivity contribution in [3.63, 3.8) is 0 Å². The maximum Gasteiger partial charge on any atom is 0.228 e. The minimum Gasteiger partial charge on any atom is -0.323 e. The second kappa shape index (κ2) is 5.44. The second-order valence-corrected chi connectivity index (χ2v) is 5.22. The summed E-state index contributed by atoms with van der Waals surface area (Å²) in [6.07, 6.45) is 0.501. The lowest BCUT2D eigenvalue weighted by atomic mass is 10.1. The normalized spacial score (nSPS) is 19.8. The molecule has 0 saturated heterocycles. The lowest BCUT2D eigenvalue weighted by molar-refractivity contribution is -0.117. The number of amides is 1. The molecule has 3 rings (SSSR count). The molecule has 6 heteroatoms. The smallest absolute Gasteiger partial charge is 0.228 e. The zero-order chi connectivity index (χ0) is 15.9. The quantitative estimate of drug-likeness (QED) is 0.674. The molecule has 1 amide bonds. The fraction of sp³-hybridized carbons (Fsp3) is 0.188. The molecule has 114 valence electrons. The minimum atomic E-state index is -1.63. The van der Waals surface area contributed by atoms with Crippen LogP contribution in [0.2, 0.25) is 0 Å². The van der Waals surface area contributed by atoms with Gasteiger partial charge in [-0.05, 0) is 42.2 Å². The molecular weight excluding hydrogens is 298 g/mol. The van der Waals surface area contributed by atoms with E-state index < -0.39 is 40.8 Å². The molecule has 2 aromatic rings. The number of hydrogen-bond acceptors (Lipinski definition) is 1. The summed E-state index contributed by atoms with van der Waals surface area (Å²) in [6.45, 7) is 0. The van der Waals surface area contributed by atoms with Crippen LogP contribution in [0, 0.1) is 29.2 Å². The standard InChI is InChI=1S/C16H11F4NO/c17-9-3-1-2-8(6-9)10-7-11(10)16(22)21-13-5-4-12(18)14(19)15(13)20/h1-6,10-11H,7H2,(H,21,22). The highest BCUT2D eigenvalue weighted by molar-refractivity contribution is 5.95. The minimum absolute atomic E-state index is 0.149. The molecule has 0 spiro atoms. The molecule has 1 fully saturated rings. The molecule has 2 aromatic carbocycles. The van der Waals surface area contributed by atoms with Crippen molar-refractivity contribution in [3.05, 3.63) is 65.2 Å². The highest BCUT2D eigenvalue weighted by Gasteiger charge is 2.44. The third kappa shape index (κ3) is 2.68. The first-order valence-electron chi connectivity index (χ1n) is 6.67. The Morgan fingerprint density at radius 2 is 1.82 bits per heavy atom. The first-order valence-corrected chi connectivity index (χ1v) is 6.67. The average Bonchev–Trinajstić information content (AvgIpc) is 3.28. The van der Waals surface area contributed by atoms with E-state index in [1.54, 1.807) is 12.1 Å². The van der Waals surface area contributed by atoms with Crippen molar-refractivity contribution in [2.24, 2.45) is 5.92 Å². The van der Waals surface area contributed by atoms with E-state index in [0.717, 1.165) is 12.1 Å². The molecule has 0 heterocycles. The Kier molecular flexibility index (Phi) is 3.60. The molecule has 2 atom stereocenters. The zero-order valence-corrected chi connectivity index (χ0v) is 11.2. The van der Waals surface area contributed by atoms with E-state index in [0.29, 0.717) is 12.0 Å².